The lowest BCUT2D eigenvalue weighted by Gasteiger charge is -2.18. The summed E-state index contributed by atoms with van der Waals surface area (Å²) in [5.41, 5.74) is 0. The molecule has 6 nitrogen and oxygen atoms in total. The van der Waals surface area contributed by atoms with Gasteiger partial charge in [-0.3, -0.25) is 14.4 Å². The highest BCUT2D eigenvalue weighted by Gasteiger charge is 2.19. The minimum Gasteiger partial charge on any atom is -0.462 e. The third-order valence-corrected chi connectivity index (χ3v) is 13.1. The summed E-state index contributed by atoms with van der Waals surface area (Å²) in [6.07, 6.45) is 92.7. The topological polar surface area (TPSA) is 78.9 Å². The summed E-state index contributed by atoms with van der Waals surface area (Å²) < 4.78 is 16.9. The van der Waals surface area contributed by atoms with Crippen molar-refractivity contribution < 1.29 is 28.6 Å². The largest absolute Gasteiger partial charge is 0.462 e. The predicted molar refractivity (Wildman–Crippen MR) is 339 cm³/mol. The molecule has 78 heavy (non-hydrogen) atoms. The van der Waals surface area contributed by atoms with Crippen LogP contribution in [-0.4, -0.2) is 37.2 Å². The molecule has 0 saturated heterocycles. The van der Waals surface area contributed by atoms with Crippen molar-refractivity contribution in [1.29, 1.82) is 0 Å². The fourth-order valence-corrected chi connectivity index (χ4v) is 8.39. The molecule has 440 valence electrons. The molecule has 0 saturated carbocycles. The molecule has 0 N–H and O–H groups in total. The van der Waals surface area contributed by atoms with E-state index in [1.165, 1.54) is 83.5 Å². The van der Waals surface area contributed by atoms with Gasteiger partial charge in [-0.2, -0.15) is 0 Å². The summed E-state index contributed by atoms with van der Waals surface area (Å²) in [4.78, 5) is 38.3. The van der Waals surface area contributed by atoms with Crippen LogP contribution < -0.4 is 0 Å². The van der Waals surface area contributed by atoms with Crippen molar-refractivity contribution >= 4 is 17.9 Å². The molecule has 0 radical (unpaired) electrons. The highest BCUT2D eigenvalue weighted by atomic mass is 16.6. The molecule has 0 heterocycles. The first-order valence-electron chi connectivity index (χ1n) is 31.8. The Labute approximate surface area is 480 Å². The lowest BCUT2D eigenvalue weighted by atomic mass is 10.0. The number of carbonyl (C=O) groups is 3. The van der Waals surface area contributed by atoms with Gasteiger partial charge in [-0.05, 0) is 122 Å². The number of hydrogen-bond donors (Lipinski definition) is 0. The van der Waals surface area contributed by atoms with Gasteiger partial charge < -0.3 is 14.2 Å². The molecule has 0 fully saturated rings. The van der Waals surface area contributed by atoms with E-state index in [0.29, 0.717) is 25.7 Å². The van der Waals surface area contributed by atoms with E-state index < -0.39 is 6.10 Å². The van der Waals surface area contributed by atoms with Gasteiger partial charge in [0, 0.05) is 19.3 Å². The molecule has 0 aliphatic carbocycles. The third-order valence-electron chi connectivity index (χ3n) is 13.1. The molecule has 0 aliphatic rings. The van der Waals surface area contributed by atoms with Gasteiger partial charge in [-0.1, -0.05) is 276 Å². The second-order valence-electron chi connectivity index (χ2n) is 20.6. The predicted octanol–water partition coefficient (Wildman–Crippen LogP) is 21.9. The molecule has 0 spiro atoms. The Bertz CT molecular complexity index is 1710. The van der Waals surface area contributed by atoms with Crippen LogP contribution in [0.25, 0.3) is 0 Å². The van der Waals surface area contributed by atoms with Gasteiger partial charge in [-0.15, -0.1) is 0 Å². The van der Waals surface area contributed by atoms with Crippen LogP contribution in [-0.2, 0) is 28.6 Å². The van der Waals surface area contributed by atoms with Gasteiger partial charge in [-0.25, -0.2) is 0 Å². The van der Waals surface area contributed by atoms with Gasteiger partial charge in [0.15, 0.2) is 6.10 Å². The van der Waals surface area contributed by atoms with Crippen molar-refractivity contribution in [2.45, 2.75) is 277 Å². The Morgan fingerprint density at radius 1 is 0.269 bits per heavy atom. The van der Waals surface area contributed by atoms with Crippen LogP contribution in [0.3, 0.4) is 0 Å². The molecule has 0 aromatic carbocycles. The van der Waals surface area contributed by atoms with Crippen molar-refractivity contribution in [3.05, 3.63) is 146 Å². The van der Waals surface area contributed by atoms with E-state index in [0.717, 1.165) is 141 Å². The van der Waals surface area contributed by atoms with Crippen LogP contribution in [0.2, 0.25) is 0 Å². The van der Waals surface area contributed by atoms with Crippen LogP contribution in [0.1, 0.15) is 271 Å². The van der Waals surface area contributed by atoms with E-state index in [4.69, 9.17) is 14.2 Å². The van der Waals surface area contributed by atoms with E-state index in [1.54, 1.807) is 0 Å². The first kappa shape index (κ1) is 73.3. The molecule has 6 heteroatoms. The summed E-state index contributed by atoms with van der Waals surface area (Å²) in [6.45, 7) is 6.37. The summed E-state index contributed by atoms with van der Waals surface area (Å²) >= 11 is 0. The van der Waals surface area contributed by atoms with Crippen LogP contribution in [0.4, 0.5) is 0 Å². The van der Waals surface area contributed by atoms with E-state index in [9.17, 15) is 14.4 Å². The highest BCUT2D eigenvalue weighted by molar-refractivity contribution is 5.71. The fraction of sp³-hybridized carbons (Fsp3) is 0.625. The number of rotatable bonds is 56. The Morgan fingerprint density at radius 3 is 0.808 bits per heavy atom. The monoisotopic (exact) mass is 1080 g/mol. The zero-order valence-corrected chi connectivity index (χ0v) is 50.4. The molecule has 1 atom stereocenters. The molecule has 0 aromatic rings. The maximum Gasteiger partial charge on any atom is 0.306 e. The van der Waals surface area contributed by atoms with Crippen molar-refractivity contribution in [1.82, 2.24) is 0 Å². The number of esters is 3. The third kappa shape index (κ3) is 62.1. The minimum atomic E-state index is -0.810. The number of allylic oxidation sites excluding steroid dienone is 24. The summed E-state index contributed by atoms with van der Waals surface area (Å²) in [7, 11) is 0. The quantitative estimate of drug-likeness (QED) is 0.0261. The normalized spacial score (nSPS) is 13.1. The Balaban J connectivity index is 4.48. The van der Waals surface area contributed by atoms with Gasteiger partial charge in [0.05, 0.1) is 0 Å². The molecule has 0 bridgehead atoms. The van der Waals surface area contributed by atoms with Crippen molar-refractivity contribution in [3.63, 3.8) is 0 Å². The van der Waals surface area contributed by atoms with Crippen molar-refractivity contribution in [2.24, 2.45) is 0 Å². The number of ether oxygens (including phenoxy) is 3. The standard InChI is InChI=1S/C72H116O6/c1-4-7-10-13-16-19-22-25-28-30-32-33-34-35-36-37-38-39-41-42-44-47-50-53-56-59-62-65-71(74)77-68-69(67-76-70(73)64-61-58-55-52-49-46-27-24-21-18-15-12-9-6-3)78-72(75)66-63-60-57-54-51-48-45-43-40-31-29-26-23-20-17-14-11-8-5-2/h7-8,10-11,16-17,19-20,25-26,28-29,32-33,35-36,38-40,42-44,50,53,69H,4-6,9,12-15,18,21-24,27,30-31,34,37,41,45-49,51-52,54-68H2,1-3H3/b10-7-,11-8-,19-16-,20-17-,28-25-,29-26-,33-32-,36-35-,39-38-,43-40-,44-42-,53-50-. The zero-order chi connectivity index (χ0) is 56.4. The SMILES string of the molecule is CC/C=C\C/C=C\C/C=C\C/C=C\C/C=C\C/C=C\C/C=C\C/C=C\CCCCC(=O)OCC(COC(=O)CCCCCCCCCCCCCCCC)OC(=O)CCCCCCCC/C=C\C/C=C\C/C=C\C/C=C\CC. The first-order valence-corrected chi connectivity index (χ1v) is 31.8. The lowest BCUT2D eigenvalue weighted by Crippen LogP contribution is -2.30. The second-order valence-corrected chi connectivity index (χ2v) is 20.6. The van der Waals surface area contributed by atoms with Crippen molar-refractivity contribution in [2.75, 3.05) is 13.2 Å². The van der Waals surface area contributed by atoms with Gasteiger partial charge in [0.1, 0.15) is 13.2 Å². The molecular formula is C72H116O6. The Morgan fingerprint density at radius 2 is 0.500 bits per heavy atom. The molecule has 0 aromatic heterocycles. The van der Waals surface area contributed by atoms with E-state index in [2.05, 4.69) is 167 Å². The average Bonchev–Trinajstić information content (AvgIpc) is 3.44. The van der Waals surface area contributed by atoms with Gasteiger partial charge >= 0.3 is 17.9 Å². The first-order chi connectivity index (χ1) is 38.5. The molecule has 1 unspecified atom stereocenters. The zero-order valence-electron chi connectivity index (χ0n) is 50.4. The Kier molecular flexibility index (Phi) is 60.9. The maximum absolute atomic E-state index is 12.9. The number of carbonyl (C=O) groups excluding carboxylic acids is 3. The lowest BCUT2D eigenvalue weighted by molar-refractivity contribution is -0.167. The van der Waals surface area contributed by atoms with E-state index in [-0.39, 0.29) is 31.1 Å². The smallest absolute Gasteiger partial charge is 0.306 e. The molecule has 0 rings (SSSR count). The molecule has 0 aliphatic heterocycles. The Hall–Kier alpha value is -4.71. The summed E-state index contributed by atoms with van der Waals surface area (Å²) in [5, 5.41) is 0. The number of unbranched alkanes of at least 4 members (excludes halogenated alkanes) is 21. The fourth-order valence-electron chi connectivity index (χ4n) is 8.39. The van der Waals surface area contributed by atoms with Crippen LogP contribution in [0, 0.1) is 0 Å². The van der Waals surface area contributed by atoms with E-state index in [1.807, 2.05) is 0 Å². The molecular weight excluding hydrogens is 961 g/mol. The van der Waals surface area contributed by atoms with Gasteiger partial charge in [0.2, 0.25) is 0 Å². The van der Waals surface area contributed by atoms with Crippen molar-refractivity contribution in [3.8, 4) is 0 Å². The van der Waals surface area contributed by atoms with E-state index >= 15 is 0 Å². The van der Waals surface area contributed by atoms with Gasteiger partial charge in [0.25, 0.3) is 0 Å². The molecule has 0 amide bonds. The maximum atomic E-state index is 12.9. The van der Waals surface area contributed by atoms with Crippen LogP contribution in [0.15, 0.2) is 146 Å². The van der Waals surface area contributed by atoms with Crippen LogP contribution in [0.5, 0.6) is 0 Å². The summed E-state index contributed by atoms with van der Waals surface area (Å²) in [5.74, 6) is -0.960. The highest BCUT2D eigenvalue weighted by Crippen LogP contribution is 2.15. The number of hydrogen-bond acceptors (Lipinski definition) is 6. The summed E-state index contributed by atoms with van der Waals surface area (Å²) in [6, 6.07) is 0. The average molecular weight is 1080 g/mol. The second kappa shape index (κ2) is 64.8. The van der Waals surface area contributed by atoms with Crippen LogP contribution >= 0.6 is 0 Å². The minimum absolute atomic E-state index is 0.101.